The Bertz CT molecular complexity index is 971. The number of fused-ring (bicyclic) bond motifs is 1. The van der Waals surface area contributed by atoms with E-state index in [-0.39, 0.29) is 11.9 Å². The maximum atomic E-state index is 12.5. The van der Waals surface area contributed by atoms with Gasteiger partial charge in [0.25, 0.3) is 5.91 Å². The first-order valence-electron chi connectivity index (χ1n) is 9.72. The Labute approximate surface area is 157 Å². The lowest BCUT2D eigenvalue weighted by Crippen LogP contribution is -2.39. The highest BCUT2D eigenvalue weighted by Crippen LogP contribution is 2.40. The highest BCUT2D eigenvalue weighted by molar-refractivity contribution is 5.92. The van der Waals surface area contributed by atoms with E-state index in [0.29, 0.717) is 17.5 Å². The number of para-hydroxylation sites is 1. The minimum atomic E-state index is -0.128. The number of amides is 1. The van der Waals surface area contributed by atoms with Crippen molar-refractivity contribution in [2.45, 2.75) is 38.3 Å². The van der Waals surface area contributed by atoms with Crippen LogP contribution in [0, 0.1) is 5.92 Å². The monoisotopic (exact) mass is 364 g/mol. The van der Waals surface area contributed by atoms with Crippen LogP contribution in [0.2, 0.25) is 0 Å². The fourth-order valence-electron chi connectivity index (χ4n) is 4.09. The molecule has 27 heavy (non-hydrogen) atoms. The number of nitrogens with one attached hydrogen (secondary N) is 2. The van der Waals surface area contributed by atoms with Crippen LogP contribution < -0.4 is 5.32 Å². The molecule has 0 radical (unpaired) electrons. The molecule has 1 saturated heterocycles. The molecule has 2 aromatic heterocycles. The third-order valence-electron chi connectivity index (χ3n) is 5.81. The van der Waals surface area contributed by atoms with Crippen LogP contribution in [0.4, 0.5) is 0 Å². The van der Waals surface area contributed by atoms with Crippen molar-refractivity contribution in [3.8, 4) is 0 Å². The number of likely N-dealkylation sites (tertiary alicyclic amines) is 1. The molecule has 0 bridgehead atoms. The molecule has 0 spiro atoms. The molecule has 1 saturated carbocycles. The fourth-order valence-corrected chi connectivity index (χ4v) is 4.09. The SMILES string of the molecule is C[C@@H]1CN(Cc2c[nH]c3ccccc23)C[C@H]1NC(=O)c1cc(C2CC2)on1. The molecule has 5 rings (SSSR count). The van der Waals surface area contributed by atoms with Gasteiger partial charge in [0.05, 0.1) is 0 Å². The summed E-state index contributed by atoms with van der Waals surface area (Å²) in [6.07, 6.45) is 4.37. The Balaban J connectivity index is 1.23. The number of carbonyl (C=O) groups excluding carboxylic acids is 1. The van der Waals surface area contributed by atoms with Crippen molar-refractivity contribution in [2.75, 3.05) is 13.1 Å². The van der Waals surface area contributed by atoms with Crippen LogP contribution in [-0.2, 0) is 6.54 Å². The molecule has 2 N–H and O–H groups in total. The molecule has 0 unspecified atom stereocenters. The third-order valence-corrected chi connectivity index (χ3v) is 5.81. The summed E-state index contributed by atoms with van der Waals surface area (Å²) < 4.78 is 5.31. The number of rotatable bonds is 5. The molecule has 1 aliphatic heterocycles. The van der Waals surface area contributed by atoms with Crippen LogP contribution >= 0.6 is 0 Å². The van der Waals surface area contributed by atoms with E-state index >= 15 is 0 Å². The Morgan fingerprint density at radius 3 is 3.04 bits per heavy atom. The number of aromatic nitrogens is 2. The fraction of sp³-hybridized carbons (Fsp3) is 0.429. The molecule has 3 aromatic rings. The van der Waals surface area contributed by atoms with Crippen LogP contribution in [-0.4, -0.2) is 40.1 Å². The Kier molecular flexibility index (Phi) is 4.01. The van der Waals surface area contributed by atoms with Crippen LogP contribution in [0.25, 0.3) is 10.9 Å². The Morgan fingerprint density at radius 2 is 2.19 bits per heavy atom. The zero-order valence-electron chi connectivity index (χ0n) is 15.4. The maximum Gasteiger partial charge on any atom is 0.273 e. The number of aromatic amines is 1. The standard InChI is InChI=1S/C21H24N4O2/c1-13-10-25(11-15-9-22-17-5-3-2-4-16(15)17)12-19(13)23-21(26)18-8-20(27-24-18)14-6-7-14/h2-5,8-9,13-14,19,22H,6-7,10-12H2,1H3,(H,23,26)/t13-,19-/m1/s1. The molecular weight excluding hydrogens is 340 g/mol. The molecule has 2 fully saturated rings. The smallest absolute Gasteiger partial charge is 0.273 e. The second-order valence-corrected chi connectivity index (χ2v) is 8.00. The van der Waals surface area contributed by atoms with E-state index in [4.69, 9.17) is 4.52 Å². The normalized spacial score (nSPS) is 23.1. The van der Waals surface area contributed by atoms with Gasteiger partial charge in [0.2, 0.25) is 0 Å². The Morgan fingerprint density at radius 1 is 1.33 bits per heavy atom. The van der Waals surface area contributed by atoms with E-state index in [2.05, 4.69) is 51.7 Å². The summed E-state index contributed by atoms with van der Waals surface area (Å²) in [5.74, 6) is 1.59. The van der Waals surface area contributed by atoms with Crippen LogP contribution in [0.5, 0.6) is 0 Å². The predicted octanol–water partition coefficient (Wildman–Crippen LogP) is 3.28. The summed E-state index contributed by atoms with van der Waals surface area (Å²) in [7, 11) is 0. The van der Waals surface area contributed by atoms with Crippen molar-refractivity contribution in [3.05, 3.63) is 53.5 Å². The van der Waals surface area contributed by atoms with Crippen molar-refractivity contribution in [3.63, 3.8) is 0 Å². The highest BCUT2D eigenvalue weighted by atomic mass is 16.5. The van der Waals surface area contributed by atoms with Gasteiger partial charge >= 0.3 is 0 Å². The molecule has 140 valence electrons. The van der Waals surface area contributed by atoms with Gasteiger partial charge in [0, 0.05) is 54.8 Å². The quantitative estimate of drug-likeness (QED) is 0.729. The van der Waals surface area contributed by atoms with E-state index in [0.717, 1.165) is 38.2 Å². The first-order valence-corrected chi connectivity index (χ1v) is 9.72. The van der Waals surface area contributed by atoms with Gasteiger partial charge in [-0.05, 0) is 30.4 Å². The van der Waals surface area contributed by atoms with Gasteiger partial charge in [-0.3, -0.25) is 9.69 Å². The second-order valence-electron chi connectivity index (χ2n) is 8.00. The van der Waals surface area contributed by atoms with Crippen LogP contribution in [0.15, 0.2) is 41.1 Å². The van der Waals surface area contributed by atoms with Crippen molar-refractivity contribution >= 4 is 16.8 Å². The largest absolute Gasteiger partial charge is 0.361 e. The lowest BCUT2D eigenvalue weighted by atomic mass is 10.1. The van der Waals surface area contributed by atoms with E-state index < -0.39 is 0 Å². The summed E-state index contributed by atoms with van der Waals surface area (Å²) in [6.45, 7) is 4.89. The van der Waals surface area contributed by atoms with Crippen molar-refractivity contribution in [2.24, 2.45) is 5.92 Å². The van der Waals surface area contributed by atoms with Gasteiger partial charge in [-0.2, -0.15) is 0 Å². The van der Waals surface area contributed by atoms with Gasteiger partial charge in [-0.1, -0.05) is 30.3 Å². The van der Waals surface area contributed by atoms with Crippen molar-refractivity contribution < 1.29 is 9.32 Å². The Hall–Kier alpha value is -2.60. The van der Waals surface area contributed by atoms with E-state index in [1.54, 1.807) is 6.07 Å². The van der Waals surface area contributed by atoms with Gasteiger partial charge in [-0.15, -0.1) is 0 Å². The first kappa shape index (κ1) is 16.6. The third kappa shape index (κ3) is 3.25. The molecule has 2 atom stereocenters. The summed E-state index contributed by atoms with van der Waals surface area (Å²) in [5.41, 5.74) is 2.87. The summed E-state index contributed by atoms with van der Waals surface area (Å²) >= 11 is 0. The zero-order chi connectivity index (χ0) is 18.4. The molecule has 1 aromatic carbocycles. The summed E-state index contributed by atoms with van der Waals surface area (Å²) in [6, 6.07) is 10.3. The number of H-pyrrole nitrogens is 1. The molecule has 1 aliphatic carbocycles. The molecule has 3 heterocycles. The van der Waals surface area contributed by atoms with E-state index in [1.165, 1.54) is 16.5 Å². The van der Waals surface area contributed by atoms with Gasteiger partial charge < -0.3 is 14.8 Å². The highest BCUT2D eigenvalue weighted by Gasteiger charge is 2.33. The van der Waals surface area contributed by atoms with Gasteiger partial charge in [0.1, 0.15) is 5.76 Å². The molecular formula is C21H24N4O2. The summed E-state index contributed by atoms with van der Waals surface area (Å²) in [4.78, 5) is 18.3. The predicted molar refractivity (Wildman–Crippen MR) is 102 cm³/mol. The van der Waals surface area contributed by atoms with Crippen LogP contribution in [0.1, 0.15) is 47.5 Å². The topological polar surface area (TPSA) is 74.2 Å². The molecule has 1 amide bonds. The number of carbonyl (C=O) groups is 1. The number of nitrogens with zero attached hydrogens (tertiary/aromatic N) is 2. The molecule has 2 aliphatic rings. The van der Waals surface area contributed by atoms with E-state index in [9.17, 15) is 4.79 Å². The average molecular weight is 364 g/mol. The number of benzene rings is 1. The van der Waals surface area contributed by atoms with Crippen LogP contribution in [0.3, 0.4) is 0 Å². The van der Waals surface area contributed by atoms with E-state index in [1.807, 2.05) is 6.07 Å². The lowest BCUT2D eigenvalue weighted by Gasteiger charge is -2.16. The molecule has 6 heteroatoms. The lowest BCUT2D eigenvalue weighted by molar-refractivity contribution is 0.0922. The van der Waals surface area contributed by atoms with Gasteiger partial charge in [-0.25, -0.2) is 0 Å². The summed E-state index contributed by atoms with van der Waals surface area (Å²) in [5, 5.41) is 8.38. The molecule has 6 nitrogen and oxygen atoms in total. The van der Waals surface area contributed by atoms with Gasteiger partial charge in [0.15, 0.2) is 5.69 Å². The van der Waals surface area contributed by atoms with Crippen molar-refractivity contribution in [1.82, 2.24) is 20.4 Å². The number of hydrogen-bond acceptors (Lipinski definition) is 4. The second kappa shape index (κ2) is 6.53. The van der Waals surface area contributed by atoms with Crippen molar-refractivity contribution in [1.29, 1.82) is 0 Å². The minimum absolute atomic E-state index is 0.128. The zero-order valence-corrected chi connectivity index (χ0v) is 15.4. The minimum Gasteiger partial charge on any atom is -0.361 e. The maximum absolute atomic E-state index is 12.5. The number of hydrogen-bond donors (Lipinski definition) is 2. The average Bonchev–Trinajstić information content (AvgIpc) is 3.11. The first-order chi connectivity index (χ1) is 13.2.